The van der Waals surface area contributed by atoms with Gasteiger partial charge >= 0.3 is 6.18 Å². The zero-order valence-corrected chi connectivity index (χ0v) is 17.9. The number of hydrogen-bond donors (Lipinski definition) is 1. The van der Waals surface area contributed by atoms with Crippen molar-refractivity contribution in [1.82, 2.24) is 14.5 Å². The minimum atomic E-state index is -4.49. The van der Waals surface area contributed by atoms with Crippen molar-refractivity contribution in [2.75, 3.05) is 19.4 Å². The van der Waals surface area contributed by atoms with Gasteiger partial charge in [-0.2, -0.15) is 13.2 Å². The highest BCUT2D eigenvalue weighted by Crippen LogP contribution is 2.31. The third kappa shape index (κ3) is 5.51. The largest absolute Gasteiger partial charge is 0.421 e. The van der Waals surface area contributed by atoms with Crippen molar-refractivity contribution in [3.63, 3.8) is 0 Å². The Labute approximate surface area is 182 Å². The first-order valence-electron chi connectivity index (χ1n) is 9.29. The van der Waals surface area contributed by atoms with Crippen LogP contribution in [0.4, 0.5) is 18.9 Å². The third-order valence-corrected chi connectivity index (χ3v) is 6.22. The minimum absolute atomic E-state index is 0.0258. The fourth-order valence-electron chi connectivity index (χ4n) is 2.66. The van der Waals surface area contributed by atoms with E-state index in [1.807, 2.05) is 0 Å². The molecule has 1 heterocycles. The van der Waals surface area contributed by atoms with Gasteiger partial charge in [0.2, 0.25) is 27.7 Å². The van der Waals surface area contributed by atoms with Gasteiger partial charge in [-0.15, -0.1) is 10.2 Å². The molecule has 0 fully saturated rings. The minimum Gasteiger partial charge on any atom is -0.421 e. The van der Waals surface area contributed by atoms with E-state index in [0.29, 0.717) is 5.69 Å². The van der Waals surface area contributed by atoms with Gasteiger partial charge in [0, 0.05) is 38.2 Å². The molecule has 0 unspecified atom stereocenters. The predicted octanol–water partition coefficient (Wildman–Crippen LogP) is 3.58. The van der Waals surface area contributed by atoms with Crippen molar-refractivity contribution >= 4 is 21.6 Å². The fraction of sp³-hybridized carbons (Fsp3) is 0.250. The number of aromatic nitrogens is 2. The van der Waals surface area contributed by atoms with E-state index in [0.717, 1.165) is 16.4 Å². The lowest BCUT2D eigenvalue weighted by molar-refractivity contribution is -0.137. The Bertz CT molecular complexity index is 1210. The van der Waals surface area contributed by atoms with Crippen LogP contribution in [-0.2, 0) is 27.4 Å². The van der Waals surface area contributed by atoms with Crippen LogP contribution in [0.1, 0.15) is 17.9 Å². The number of benzene rings is 2. The number of hydrogen-bond acceptors (Lipinski definition) is 6. The Hall–Kier alpha value is -3.25. The first-order chi connectivity index (χ1) is 15.0. The van der Waals surface area contributed by atoms with E-state index in [-0.39, 0.29) is 41.0 Å². The number of rotatable bonds is 7. The Balaban J connectivity index is 1.59. The van der Waals surface area contributed by atoms with Gasteiger partial charge in [0.25, 0.3) is 0 Å². The molecular formula is C20H19F3N4O4S. The van der Waals surface area contributed by atoms with Gasteiger partial charge in [0.05, 0.1) is 10.5 Å². The van der Waals surface area contributed by atoms with Crippen molar-refractivity contribution < 1.29 is 30.8 Å². The maximum absolute atomic E-state index is 12.9. The molecule has 0 spiro atoms. The van der Waals surface area contributed by atoms with Gasteiger partial charge in [-0.25, -0.2) is 12.7 Å². The zero-order valence-electron chi connectivity index (χ0n) is 17.0. The van der Waals surface area contributed by atoms with Crippen LogP contribution >= 0.6 is 0 Å². The van der Waals surface area contributed by atoms with Crippen LogP contribution in [-0.4, -0.2) is 42.9 Å². The van der Waals surface area contributed by atoms with Crippen LogP contribution in [0.25, 0.3) is 11.5 Å². The molecule has 8 nitrogen and oxygen atoms in total. The number of anilines is 1. The Morgan fingerprint density at radius 1 is 1.09 bits per heavy atom. The van der Waals surface area contributed by atoms with Crippen LogP contribution in [0.2, 0.25) is 0 Å². The summed E-state index contributed by atoms with van der Waals surface area (Å²) < 4.78 is 69.1. The van der Waals surface area contributed by atoms with Crippen molar-refractivity contribution in [1.29, 1.82) is 0 Å². The van der Waals surface area contributed by atoms with Crippen molar-refractivity contribution in [2.45, 2.75) is 23.9 Å². The predicted molar refractivity (Wildman–Crippen MR) is 109 cm³/mol. The van der Waals surface area contributed by atoms with Crippen LogP contribution < -0.4 is 5.32 Å². The molecule has 0 aliphatic carbocycles. The summed E-state index contributed by atoms with van der Waals surface area (Å²) in [4.78, 5) is 12.2. The Morgan fingerprint density at radius 2 is 1.78 bits per heavy atom. The second-order valence-corrected chi connectivity index (χ2v) is 9.09. The summed E-state index contributed by atoms with van der Waals surface area (Å²) in [6.45, 7) is 0. The summed E-state index contributed by atoms with van der Waals surface area (Å²) in [6.07, 6.45) is -4.45. The summed E-state index contributed by atoms with van der Waals surface area (Å²) in [5, 5.41) is 10.1. The highest BCUT2D eigenvalue weighted by Gasteiger charge is 2.30. The van der Waals surface area contributed by atoms with Gasteiger partial charge in [-0.1, -0.05) is 6.07 Å². The molecule has 1 amide bonds. The number of alkyl halides is 3. The van der Waals surface area contributed by atoms with E-state index in [1.54, 1.807) is 0 Å². The van der Waals surface area contributed by atoms with Gasteiger partial charge in [0.1, 0.15) is 0 Å². The van der Waals surface area contributed by atoms with Crippen molar-refractivity contribution in [3.05, 3.63) is 60.0 Å². The van der Waals surface area contributed by atoms with E-state index in [9.17, 15) is 26.4 Å². The molecule has 3 rings (SSSR count). The second kappa shape index (κ2) is 9.09. The number of carbonyl (C=O) groups is 1. The lowest BCUT2D eigenvalue weighted by Gasteiger charge is -2.11. The maximum Gasteiger partial charge on any atom is 0.416 e. The molecule has 2 aromatic carbocycles. The van der Waals surface area contributed by atoms with Crippen LogP contribution in [0.5, 0.6) is 0 Å². The summed E-state index contributed by atoms with van der Waals surface area (Å²) in [5.41, 5.74) is -0.308. The molecular weight excluding hydrogens is 449 g/mol. The normalized spacial score (nSPS) is 12.2. The van der Waals surface area contributed by atoms with E-state index >= 15 is 0 Å². The van der Waals surface area contributed by atoms with Crippen LogP contribution in [0, 0.1) is 0 Å². The standard InChI is InChI=1S/C20H19F3N4O4S/c1-27(2)32(29,30)16-8-6-15(7-9-16)24-17(28)10-11-18-25-26-19(31-18)13-4-3-5-14(12-13)20(21,22)23/h3-9,12H,10-11H2,1-2H3,(H,24,28). The van der Waals surface area contributed by atoms with Crippen LogP contribution in [0.3, 0.4) is 0 Å². The molecule has 1 N–H and O–H groups in total. The summed E-state index contributed by atoms with van der Waals surface area (Å²) in [6, 6.07) is 10.2. The lowest BCUT2D eigenvalue weighted by atomic mass is 10.1. The first kappa shape index (κ1) is 23.4. The lowest BCUT2D eigenvalue weighted by Crippen LogP contribution is -2.22. The van der Waals surface area contributed by atoms with Crippen molar-refractivity contribution in [2.24, 2.45) is 0 Å². The zero-order chi connectivity index (χ0) is 23.5. The number of halogens is 3. The van der Waals surface area contributed by atoms with Gasteiger partial charge in [-0.3, -0.25) is 4.79 Å². The number of aryl methyl sites for hydroxylation is 1. The number of nitrogens with one attached hydrogen (secondary N) is 1. The Kier molecular flexibility index (Phi) is 6.65. The molecule has 0 saturated carbocycles. The molecule has 170 valence electrons. The number of carbonyl (C=O) groups excluding carboxylic acids is 1. The average Bonchev–Trinajstić information content (AvgIpc) is 3.21. The van der Waals surface area contributed by atoms with Gasteiger partial charge in [-0.05, 0) is 42.5 Å². The average molecular weight is 468 g/mol. The molecule has 0 radical (unpaired) electrons. The quantitative estimate of drug-likeness (QED) is 0.568. The second-order valence-electron chi connectivity index (χ2n) is 6.94. The van der Waals surface area contributed by atoms with E-state index < -0.39 is 21.8 Å². The molecule has 0 aliphatic heterocycles. The smallest absolute Gasteiger partial charge is 0.416 e. The summed E-state index contributed by atoms with van der Waals surface area (Å²) in [7, 11) is -0.734. The van der Waals surface area contributed by atoms with Crippen molar-refractivity contribution in [3.8, 4) is 11.5 Å². The molecule has 1 aromatic heterocycles. The third-order valence-electron chi connectivity index (χ3n) is 4.39. The molecule has 0 saturated heterocycles. The summed E-state index contributed by atoms with van der Waals surface area (Å²) >= 11 is 0. The number of nitrogens with zero attached hydrogens (tertiary/aromatic N) is 3. The van der Waals surface area contributed by atoms with Crippen LogP contribution in [0.15, 0.2) is 57.8 Å². The van der Waals surface area contributed by atoms with Gasteiger partial charge in [0.15, 0.2) is 0 Å². The van der Waals surface area contributed by atoms with Gasteiger partial charge < -0.3 is 9.73 Å². The molecule has 12 heteroatoms. The fourth-order valence-corrected chi connectivity index (χ4v) is 3.57. The molecule has 32 heavy (non-hydrogen) atoms. The topological polar surface area (TPSA) is 105 Å². The Morgan fingerprint density at radius 3 is 2.41 bits per heavy atom. The molecule has 0 bridgehead atoms. The van der Waals surface area contributed by atoms with E-state index in [1.165, 1.54) is 50.5 Å². The number of sulfonamides is 1. The monoisotopic (exact) mass is 468 g/mol. The SMILES string of the molecule is CN(C)S(=O)(=O)c1ccc(NC(=O)CCc2nnc(-c3cccc(C(F)(F)F)c3)o2)cc1. The summed E-state index contributed by atoms with van der Waals surface area (Å²) in [5.74, 6) is -0.365. The highest BCUT2D eigenvalue weighted by atomic mass is 32.2. The first-order valence-corrected chi connectivity index (χ1v) is 10.7. The molecule has 3 aromatic rings. The number of amides is 1. The molecule has 0 aliphatic rings. The van der Waals surface area contributed by atoms with E-state index in [2.05, 4.69) is 15.5 Å². The molecule has 0 atom stereocenters. The highest BCUT2D eigenvalue weighted by molar-refractivity contribution is 7.89. The van der Waals surface area contributed by atoms with E-state index in [4.69, 9.17) is 4.42 Å². The maximum atomic E-state index is 12.9.